The van der Waals surface area contributed by atoms with Gasteiger partial charge >= 0.3 is 0 Å². The van der Waals surface area contributed by atoms with Crippen LogP contribution in [0.3, 0.4) is 0 Å². The molecular weight excluding hydrogens is 506 g/mol. The first-order chi connectivity index (χ1) is 19.1. The molecule has 6 fully saturated rings. The smallest absolute Gasteiger partial charge is 0.186 e. The topological polar surface area (TPSA) is 103 Å². The van der Waals surface area contributed by atoms with Gasteiger partial charge in [-0.1, -0.05) is 39.3 Å². The Morgan fingerprint density at radius 1 is 0.975 bits per heavy atom. The number of aliphatic hydroxyl groups is 4. The van der Waals surface area contributed by atoms with Crippen LogP contribution in [0, 0.1) is 46.3 Å². The molecule has 7 heteroatoms. The second-order valence-corrected chi connectivity index (χ2v) is 15.6. The first-order valence-corrected chi connectivity index (χ1v) is 16.5. The Morgan fingerprint density at radius 2 is 1.77 bits per heavy atom. The molecule has 7 nitrogen and oxygen atoms in total. The van der Waals surface area contributed by atoms with Crippen LogP contribution >= 0.6 is 0 Å². The zero-order chi connectivity index (χ0) is 28.1. The molecule has 40 heavy (non-hydrogen) atoms. The summed E-state index contributed by atoms with van der Waals surface area (Å²) in [5.74, 6) is 4.83. The summed E-state index contributed by atoms with van der Waals surface area (Å²) < 4.78 is 11.9. The van der Waals surface area contributed by atoms with Crippen LogP contribution in [-0.2, 0) is 9.47 Å². The molecule has 3 saturated heterocycles. The van der Waals surface area contributed by atoms with Gasteiger partial charge in [0, 0.05) is 18.6 Å². The van der Waals surface area contributed by atoms with Crippen molar-refractivity contribution in [1.82, 2.24) is 4.90 Å². The summed E-state index contributed by atoms with van der Waals surface area (Å²) in [5, 5.41) is 40.4. The number of fused-ring (bicyclic) bond motifs is 9. The van der Waals surface area contributed by atoms with E-state index in [0.29, 0.717) is 5.41 Å². The highest BCUT2D eigenvalue weighted by Gasteiger charge is 2.66. The molecule has 4 N–H and O–H groups in total. The van der Waals surface area contributed by atoms with E-state index in [1.165, 1.54) is 50.6 Å². The van der Waals surface area contributed by atoms with Crippen molar-refractivity contribution in [1.29, 1.82) is 0 Å². The largest absolute Gasteiger partial charge is 0.394 e. The van der Waals surface area contributed by atoms with E-state index in [2.05, 4.69) is 38.7 Å². The molecule has 0 radical (unpaired) electrons. The monoisotopic (exact) mass is 559 g/mol. The van der Waals surface area contributed by atoms with Gasteiger partial charge in [0.1, 0.15) is 24.4 Å². The van der Waals surface area contributed by atoms with Gasteiger partial charge in [0.2, 0.25) is 0 Å². The number of ether oxygens (including phenoxy) is 2. The number of hydrogen-bond acceptors (Lipinski definition) is 7. The van der Waals surface area contributed by atoms with Gasteiger partial charge in [-0.05, 0) is 104 Å². The average Bonchev–Trinajstić information content (AvgIpc) is 3.40. The molecule has 3 heterocycles. The van der Waals surface area contributed by atoms with Crippen LogP contribution in [0.15, 0.2) is 11.6 Å². The second kappa shape index (κ2) is 10.0. The normalized spacial score (nSPS) is 57.9. The Morgan fingerprint density at radius 3 is 2.55 bits per heavy atom. The van der Waals surface area contributed by atoms with Crippen molar-refractivity contribution >= 4 is 0 Å². The Balaban J connectivity index is 1.07. The Bertz CT molecular complexity index is 1000. The molecule has 0 amide bonds. The summed E-state index contributed by atoms with van der Waals surface area (Å²) in [4.78, 5) is 2.98. The van der Waals surface area contributed by atoms with Crippen molar-refractivity contribution in [3.05, 3.63) is 11.6 Å². The molecule has 2 unspecified atom stereocenters. The summed E-state index contributed by atoms with van der Waals surface area (Å²) in [5.41, 5.74) is 2.18. The highest BCUT2D eigenvalue weighted by atomic mass is 16.7. The average molecular weight is 560 g/mol. The van der Waals surface area contributed by atoms with Gasteiger partial charge in [-0.2, -0.15) is 0 Å². The van der Waals surface area contributed by atoms with Crippen molar-refractivity contribution in [2.24, 2.45) is 46.3 Å². The van der Waals surface area contributed by atoms with Gasteiger partial charge in [0.05, 0.1) is 12.7 Å². The van der Waals surface area contributed by atoms with E-state index in [9.17, 15) is 20.4 Å². The van der Waals surface area contributed by atoms with Crippen LogP contribution < -0.4 is 0 Å². The number of allylic oxidation sites excluding steroid dienone is 1. The predicted octanol–water partition coefficient (Wildman–Crippen LogP) is 3.48. The fourth-order valence-electron chi connectivity index (χ4n) is 11.9. The SMILES string of the molecule is C[C@H]1CC[C@@H]2[C@@H](C)[C@H]3[C@H](C[C@H]4[C@@H]5CC=C6C[C@@H](O[C@@H]7O[C@H](CO)[C@@H](O)C(O)C7O)CC[C@]6(C)[C@H]5CC[C@]34C)N2C1. The lowest BCUT2D eigenvalue weighted by Gasteiger charge is -2.58. The molecule has 4 aliphatic carbocycles. The highest BCUT2D eigenvalue weighted by molar-refractivity contribution is 5.27. The molecule has 7 aliphatic rings. The maximum absolute atomic E-state index is 10.5. The van der Waals surface area contributed by atoms with E-state index < -0.39 is 37.3 Å². The van der Waals surface area contributed by atoms with Crippen LogP contribution in [0.5, 0.6) is 0 Å². The lowest BCUT2D eigenvalue weighted by atomic mass is 9.47. The van der Waals surface area contributed by atoms with Crippen molar-refractivity contribution in [3.63, 3.8) is 0 Å². The maximum Gasteiger partial charge on any atom is 0.186 e. The van der Waals surface area contributed by atoms with E-state index in [4.69, 9.17) is 9.47 Å². The summed E-state index contributed by atoms with van der Waals surface area (Å²) in [6.45, 7) is 11.1. The van der Waals surface area contributed by atoms with Crippen LogP contribution in [0.1, 0.15) is 85.5 Å². The van der Waals surface area contributed by atoms with Crippen LogP contribution in [-0.4, -0.2) is 87.4 Å². The van der Waals surface area contributed by atoms with Crippen molar-refractivity contribution < 1.29 is 29.9 Å². The minimum absolute atomic E-state index is 0.101. The van der Waals surface area contributed by atoms with E-state index in [-0.39, 0.29) is 11.5 Å². The van der Waals surface area contributed by atoms with E-state index >= 15 is 0 Å². The number of rotatable bonds is 3. The third-order valence-electron chi connectivity index (χ3n) is 13.8. The summed E-state index contributed by atoms with van der Waals surface area (Å²) in [7, 11) is 0. The lowest BCUT2D eigenvalue weighted by Crippen LogP contribution is -2.60. The van der Waals surface area contributed by atoms with Crippen LogP contribution in [0.25, 0.3) is 0 Å². The fourth-order valence-corrected chi connectivity index (χ4v) is 11.9. The number of aliphatic hydroxyl groups excluding tert-OH is 4. The Hall–Kier alpha value is -0.540. The fraction of sp³-hybridized carbons (Fsp3) is 0.939. The molecule has 0 aromatic heterocycles. The van der Waals surface area contributed by atoms with E-state index in [0.717, 1.165) is 66.9 Å². The second-order valence-electron chi connectivity index (χ2n) is 15.6. The van der Waals surface area contributed by atoms with Crippen molar-refractivity contribution in [2.75, 3.05) is 13.2 Å². The standard InChI is InChI=1S/C33H53NO6/c1-17-5-8-24-18(2)27-25(34(24)15-17)14-23-21-7-6-19-13-20(9-11-32(19,3)22(21)10-12-33(23,27)4)39-31-30(38)29(37)28(36)26(16-35)40-31/h6,17-18,20-31,35-38H,5,7-16H2,1-4H3/t17-,18+,20-,21+,22-,23-,24+,25-,26+,27-,28+,29?,30?,31+,32-,33-/m0/s1. The molecular formula is C33H53NO6. The van der Waals surface area contributed by atoms with E-state index in [1.807, 2.05) is 0 Å². The van der Waals surface area contributed by atoms with Crippen LogP contribution in [0.2, 0.25) is 0 Å². The molecule has 0 aromatic carbocycles. The van der Waals surface area contributed by atoms with Gasteiger partial charge in [-0.25, -0.2) is 0 Å². The van der Waals surface area contributed by atoms with Crippen molar-refractivity contribution in [2.45, 2.75) is 134 Å². The van der Waals surface area contributed by atoms with Gasteiger partial charge in [-0.15, -0.1) is 0 Å². The zero-order valence-corrected chi connectivity index (χ0v) is 25.0. The summed E-state index contributed by atoms with van der Waals surface area (Å²) in [6, 6.07) is 1.60. The molecule has 226 valence electrons. The Kier molecular flexibility index (Phi) is 7.06. The minimum atomic E-state index is -1.40. The molecule has 0 bridgehead atoms. The Labute approximate surface area is 240 Å². The zero-order valence-electron chi connectivity index (χ0n) is 25.0. The van der Waals surface area contributed by atoms with Crippen molar-refractivity contribution in [3.8, 4) is 0 Å². The third-order valence-corrected chi connectivity index (χ3v) is 13.8. The molecule has 16 atom stereocenters. The molecule has 0 aromatic rings. The highest BCUT2D eigenvalue weighted by Crippen LogP contribution is 2.70. The summed E-state index contributed by atoms with van der Waals surface area (Å²) >= 11 is 0. The first-order valence-electron chi connectivity index (χ1n) is 16.5. The summed E-state index contributed by atoms with van der Waals surface area (Å²) in [6.07, 6.45) is 7.27. The first kappa shape index (κ1) is 28.2. The molecule has 0 spiro atoms. The maximum atomic E-state index is 10.5. The van der Waals surface area contributed by atoms with E-state index in [1.54, 1.807) is 0 Å². The predicted molar refractivity (Wildman–Crippen MR) is 151 cm³/mol. The van der Waals surface area contributed by atoms with Gasteiger partial charge < -0.3 is 29.9 Å². The molecule has 3 saturated carbocycles. The number of piperidine rings is 1. The quantitative estimate of drug-likeness (QED) is 0.393. The van der Waals surface area contributed by atoms with Gasteiger partial charge in [0.25, 0.3) is 0 Å². The molecule has 3 aliphatic heterocycles. The van der Waals surface area contributed by atoms with Gasteiger partial charge in [0.15, 0.2) is 6.29 Å². The third kappa shape index (κ3) is 4.01. The lowest BCUT2D eigenvalue weighted by molar-refractivity contribution is -0.313. The number of hydrogen-bond donors (Lipinski definition) is 4. The van der Waals surface area contributed by atoms with Gasteiger partial charge in [-0.3, -0.25) is 4.90 Å². The number of nitrogens with zero attached hydrogens (tertiary/aromatic N) is 1. The molecule has 7 rings (SSSR count). The van der Waals surface area contributed by atoms with Crippen LogP contribution in [0.4, 0.5) is 0 Å². The minimum Gasteiger partial charge on any atom is -0.394 e.